The maximum absolute atomic E-state index is 13.5. The van der Waals surface area contributed by atoms with E-state index in [1.807, 2.05) is 0 Å². The summed E-state index contributed by atoms with van der Waals surface area (Å²) in [5.74, 6) is -2.40. The number of anilines is 1. The van der Waals surface area contributed by atoms with Crippen molar-refractivity contribution in [3.63, 3.8) is 0 Å². The van der Waals surface area contributed by atoms with Crippen LogP contribution in [-0.2, 0) is 9.59 Å². The number of rotatable bonds is 1. The van der Waals surface area contributed by atoms with Gasteiger partial charge in [0, 0.05) is 18.1 Å². The molecule has 2 amide bonds. The summed E-state index contributed by atoms with van der Waals surface area (Å²) in [5.41, 5.74) is -0.145. The number of nitrogens with zero attached hydrogens (tertiary/aromatic N) is 1. The van der Waals surface area contributed by atoms with Crippen LogP contribution in [0.4, 0.5) is 10.1 Å². The molecule has 7 heteroatoms. The van der Waals surface area contributed by atoms with E-state index in [1.54, 1.807) is 0 Å². The van der Waals surface area contributed by atoms with Crippen LogP contribution >= 0.6 is 11.6 Å². The molecular weight excluding hydrogens is 287 g/mol. The number of carbonyl (C=O) groups is 2. The number of nitrogens with one attached hydrogen (secondary N) is 1. The Morgan fingerprint density at radius 1 is 1.45 bits per heavy atom. The smallest absolute Gasteiger partial charge is 0.313 e. The summed E-state index contributed by atoms with van der Waals surface area (Å²) in [6.07, 6.45) is 0.614. The third-order valence-electron chi connectivity index (χ3n) is 3.05. The monoisotopic (exact) mass is 300 g/mol. The van der Waals surface area contributed by atoms with Gasteiger partial charge in [-0.1, -0.05) is 11.6 Å². The summed E-state index contributed by atoms with van der Waals surface area (Å²) in [6, 6.07) is 3.68. The highest BCUT2D eigenvalue weighted by atomic mass is 35.5. The minimum atomic E-state index is -0.944. The molecular formula is C13H14ClFN2O3. The van der Waals surface area contributed by atoms with E-state index in [0.717, 1.165) is 6.07 Å². The Morgan fingerprint density at radius 2 is 2.20 bits per heavy atom. The molecule has 0 spiro atoms. The fraction of sp³-hybridized carbons (Fsp3) is 0.385. The second-order valence-electron chi connectivity index (χ2n) is 4.63. The lowest BCUT2D eigenvalue weighted by atomic mass is 10.1. The molecule has 0 aliphatic carbocycles. The Morgan fingerprint density at radius 3 is 2.90 bits per heavy atom. The largest absolute Gasteiger partial charge is 0.391 e. The molecule has 0 bridgehead atoms. The van der Waals surface area contributed by atoms with Gasteiger partial charge in [-0.25, -0.2) is 4.39 Å². The van der Waals surface area contributed by atoms with Crippen molar-refractivity contribution in [3.8, 4) is 0 Å². The summed E-state index contributed by atoms with van der Waals surface area (Å²) in [7, 11) is 0. The number of hydrogen-bond acceptors (Lipinski definition) is 3. The molecule has 5 nitrogen and oxygen atoms in total. The maximum atomic E-state index is 13.5. The molecule has 20 heavy (non-hydrogen) atoms. The second kappa shape index (κ2) is 6.19. The summed E-state index contributed by atoms with van der Waals surface area (Å²) < 4.78 is 13.5. The standard InChI is InChI=1S/C13H14ClFN2O3/c14-8-3-4-10(15)11(6-8)16-12(19)13(20)17-5-1-2-9(18)7-17/h3-4,6,9,18H,1-2,5,7H2,(H,16,19). The molecule has 1 unspecified atom stereocenters. The van der Waals surface area contributed by atoms with Crippen LogP contribution in [0.3, 0.4) is 0 Å². The third-order valence-corrected chi connectivity index (χ3v) is 3.29. The first-order valence-corrected chi connectivity index (χ1v) is 6.58. The van der Waals surface area contributed by atoms with Crippen molar-refractivity contribution in [2.75, 3.05) is 18.4 Å². The predicted octanol–water partition coefficient (Wildman–Crippen LogP) is 1.40. The van der Waals surface area contributed by atoms with Gasteiger partial charge in [0.05, 0.1) is 11.8 Å². The van der Waals surface area contributed by atoms with Crippen molar-refractivity contribution in [1.82, 2.24) is 4.90 Å². The molecule has 0 radical (unpaired) electrons. The number of piperidine rings is 1. The number of β-amino-alcohol motifs (C(OH)–C–C–N with tert-alkyl or cyclic N) is 1. The van der Waals surface area contributed by atoms with Crippen molar-refractivity contribution in [3.05, 3.63) is 29.0 Å². The van der Waals surface area contributed by atoms with Crippen LogP contribution in [0.1, 0.15) is 12.8 Å². The molecule has 1 aliphatic rings. The number of benzene rings is 1. The average molecular weight is 301 g/mol. The van der Waals surface area contributed by atoms with Crippen LogP contribution < -0.4 is 5.32 Å². The molecule has 0 saturated carbocycles. The lowest BCUT2D eigenvalue weighted by molar-refractivity contribution is -0.145. The van der Waals surface area contributed by atoms with Gasteiger partial charge in [0.25, 0.3) is 0 Å². The van der Waals surface area contributed by atoms with Crippen LogP contribution in [0.5, 0.6) is 0 Å². The zero-order valence-electron chi connectivity index (χ0n) is 10.6. The van der Waals surface area contributed by atoms with Gasteiger partial charge in [0.1, 0.15) is 5.82 Å². The summed E-state index contributed by atoms with van der Waals surface area (Å²) >= 11 is 5.70. The first kappa shape index (κ1) is 14.7. The lowest BCUT2D eigenvalue weighted by Crippen LogP contribution is -2.46. The van der Waals surface area contributed by atoms with E-state index in [9.17, 15) is 19.1 Å². The Balaban J connectivity index is 2.04. The molecule has 1 aliphatic heterocycles. The van der Waals surface area contributed by atoms with Gasteiger partial charge in [-0.2, -0.15) is 0 Å². The number of likely N-dealkylation sites (tertiary alicyclic amines) is 1. The fourth-order valence-corrected chi connectivity index (χ4v) is 2.22. The van der Waals surface area contributed by atoms with Crippen molar-refractivity contribution in [1.29, 1.82) is 0 Å². The molecule has 0 aromatic heterocycles. The lowest BCUT2D eigenvalue weighted by Gasteiger charge is -2.29. The zero-order chi connectivity index (χ0) is 14.7. The highest BCUT2D eigenvalue weighted by molar-refractivity contribution is 6.39. The molecule has 1 heterocycles. The van der Waals surface area contributed by atoms with Gasteiger partial charge in [-0.3, -0.25) is 9.59 Å². The Bertz CT molecular complexity index is 538. The zero-order valence-corrected chi connectivity index (χ0v) is 11.4. The first-order valence-electron chi connectivity index (χ1n) is 6.21. The number of amides is 2. The molecule has 1 saturated heterocycles. The SMILES string of the molecule is O=C(Nc1cc(Cl)ccc1F)C(=O)N1CCCC(O)C1. The van der Waals surface area contributed by atoms with Gasteiger partial charge in [0.15, 0.2) is 0 Å². The molecule has 1 aromatic carbocycles. The summed E-state index contributed by atoms with van der Waals surface area (Å²) in [5, 5.41) is 11.9. The van der Waals surface area contributed by atoms with E-state index in [0.29, 0.717) is 19.4 Å². The van der Waals surface area contributed by atoms with E-state index in [2.05, 4.69) is 5.32 Å². The molecule has 1 atom stereocenters. The summed E-state index contributed by atoms with van der Waals surface area (Å²) in [6.45, 7) is 0.519. The van der Waals surface area contributed by atoms with E-state index < -0.39 is 23.7 Å². The minimum absolute atomic E-state index is 0.115. The van der Waals surface area contributed by atoms with E-state index >= 15 is 0 Å². The highest BCUT2D eigenvalue weighted by Gasteiger charge is 2.27. The van der Waals surface area contributed by atoms with E-state index in [-0.39, 0.29) is 17.3 Å². The van der Waals surface area contributed by atoms with E-state index in [4.69, 9.17) is 11.6 Å². The Hall–Kier alpha value is -1.66. The number of aliphatic hydroxyl groups is 1. The topological polar surface area (TPSA) is 69.6 Å². The van der Waals surface area contributed by atoms with Gasteiger partial charge < -0.3 is 15.3 Å². The molecule has 1 fully saturated rings. The van der Waals surface area contributed by atoms with Gasteiger partial charge in [0.2, 0.25) is 0 Å². The number of hydrogen-bond donors (Lipinski definition) is 2. The quantitative estimate of drug-likeness (QED) is 0.770. The second-order valence-corrected chi connectivity index (χ2v) is 5.06. The Kier molecular flexibility index (Phi) is 4.57. The van der Waals surface area contributed by atoms with E-state index in [1.165, 1.54) is 17.0 Å². The maximum Gasteiger partial charge on any atom is 0.313 e. The van der Waals surface area contributed by atoms with Crippen LogP contribution in [0, 0.1) is 5.82 Å². The molecule has 2 rings (SSSR count). The first-order chi connectivity index (χ1) is 9.47. The van der Waals surface area contributed by atoms with Crippen LogP contribution in [-0.4, -0.2) is 41.0 Å². The minimum Gasteiger partial charge on any atom is -0.391 e. The van der Waals surface area contributed by atoms with Crippen molar-refractivity contribution >= 4 is 29.1 Å². The van der Waals surface area contributed by atoms with Gasteiger partial charge in [-0.15, -0.1) is 0 Å². The summed E-state index contributed by atoms with van der Waals surface area (Å²) in [4.78, 5) is 24.9. The van der Waals surface area contributed by atoms with Gasteiger partial charge in [-0.05, 0) is 31.0 Å². The third kappa shape index (κ3) is 3.46. The van der Waals surface area contributed by atoms with Crippen LogP contribution in [0.15, 0.2) is 18.2 Å². The molecule has 108 valence electrons. The fourth-order valence-electron chi connectivity index (χ4n) is 2.05. The highest BCUT2D eigenvalue weighted by Crippen LogP contribution is 2.19. The number of carbonyl (C=O) groups excluding carboxylic acids is 2. The predicted molar refractivity (Wildman–Crippen MR) is 71.9 cm³/mol. The van der Waals surface area contributed by atoms with Crippen LogP contribution in [0.25, 0.3) is 0 Å². The van der Waals surface area contributed by atoms with Gasteiger partial charge >= 0.3 is 11.8 Å². The number of aliphatic hydroxyl groups excluding tert-OH is 1. The Labute approximate surface area is 120 Å². The molecule has 1 aromatic rings. The average Bonchev–Trinajstić information content (AvgIpc) is 2.42. The normalized spacial score (nSPS) is 18.8. The molecule has 2 N–H and O–H groups in total. The van der Waals surface area contributed by atoms with Crippen molar-refractivity contribution in [2.45, 2.75) is 18.9 Å². The van der Waals surface area contributed by atoms with Crippen LogP contribution in [0.2, 0.25) is 5.02 Å². The van der Waals surface area contributed by atoms with Crippen molar-refractivity contribution in [2.24, 2.45) is 0 Å². The number of halogens is 2. The van der Waals surface area contributed by atoms with Crippen molar-refractivity contribution < 1.29 is 19.1 Å².